The molecule has 0 atom stereocenters. The number of nitrogens with zero attached hydrogens (tertiary/aromatic N) is 1. The lowest BCUT2D eigenvalue weighted by Gasteiger charge is -2.14. The van der Waals surface area contributed by atoms with Crippen molar-refractivity contribution in [3.63, 3.8) is 0 Å². The molecule has 0 aliphatic carbocycles. The quantitative estimate of drug-likeness (QED) is 0.626. The minimum absolute atomic E-state index is 0.301. The fraction of sp³-hybridized carbons (Fsp3) is 0.444. The molecule has 1 aromatic heterocycles. The Balaban J connectivity index is 3.26. The van der Waals surface area contributed by atoms with E-state index in [-0.39, 0.29) is 5.56 Å². The molecule has 0 spiro atoms. The van der Waals surface area contributed by atoms with Crippen molar-refractivity contribution in [3.05, 3.63) is 17.2 Å². The van der Waals surface area contributed by atoms with E-state index < -0.39 is 36.0 Å². The average molecular weight is 292 g/mol. The van der Waals surface area contributed by atoms with Crippen molar-refractivity contribution < 1.29 is 31.4 Å². The van der Waals surface area contributed by atoms with Gasteiger partial charge in [0.05, 0.1) is 18.6 Å². The van der Waals surface area contributed by atoms with Crippen molar-refractivity contribution in [1.82, 2.24) is 4.98 Å². The highest BCUT2D eigenvalue weighted by Crippen LogP contribution is 2.34. The van der Waals surface area contributed by atoms with Crippen LogP contribution in [0.2, 0.25) is 0 Å². The van der Waals surface area contributed by atoms with Gasteiger partial charge in [0, 0.05) is 5.56 Å². The van der Waals surface area contributed by atoms with Crippen molar-refractivity contribution in [1.29, 1.82) is 0 Å². The SMILES string of the molecule is COc1nc(OC(F)(F)F)c(CCl)cc1C(F)F. The molecule has 0 bridgehead atoms. The van der Waals surface area contributed by atoms with Gasteiger partial charge in [0.15, 0.2) is 0 Å². The van der Waals surface area contributed by atoms with Crippen LogP contribution in [0.4, 0.5) is 22.0 Å². The van der Waals surface area contributed by atoms with E-state index in [0.717, 1.165) is 13.2 Å². The highest BCUT2D eigenvalue weighted by Gasteiger charge is 2.34. The van der Waals surface area contributed by atoms with Crippen LogP contribution < -0.4 is 9.47 Å². The summed E-state index contributed by atoms with van der Waals surface area (Å²) in [5, 5.41) is 0. The number of halogens is 6. The summed E-state index contributed by atoms with van der Waals surface area (Å²) in [6, 6.07) is 0.768. The van der Waals surface area contributed by atoms with E-state index in [9.17, 15) is 22.0 Å². The smallest absolute Gasteiger partial charge is 0.481 e. The number of rotatable bonds is 4. The largest absolute Gasteiger partial charge is 0.574 e. The summed E-state index contributed by atoms with van der Waals surface area (Å²) in [7, 11) is 1.01. The number of pyridine rings is 1. The van der Waals surface area contributed by atoms with Crippen LogP contribution in [0.3, 0.4) is 0 Å². The summed E-state index contributed by atoms with van der Waals surface area (Å²) in [5.74, 6) is -2.00. The van der Waals surface area contributed by atoms with E-state index >= 15 is 0 Å². The van der Waals surface area contributed by atoms with Crippen molar-refractivity contribution >= 4 is 11.6 Å². The van der Waals surface area contributed by atoms with Gasteiger partial charge in [0.1, 0.15) is 0 Å². The third-order valence-corrected chi connectivity index (χ3v) is 2.13. The van der Waals surface area contributed by atoms with Gasteiger partial charge in [0.2, 0.25) is 11.8 Å². The monoisotopic (exact) mass is 291 g/mol. The Labute approximate surface area is 103 Å². The standard InChI is InChI=1S/C9H7ClF5NO2/c1-17-8-5(6(11)12)2-4(3-10)7(16-8)18-9(13,14)15/h2,6H,3H2,1H3. The van der Waals surface area contributed by atoms with Gasteiger partial charge in [0.25, 0.3) is 6.43 Å². The van der Waals surface area contributed by atoms with E-state index in [1.54, 1.807) is 0 Å². The highest BCUT2D eigenvalue weighted by atomic mass is 35.5. The molecule has 18 heavy (non-hydrogen) atoms. The minimum Gasteiger partial charge on any atom is -0.481 e. The lowest BCUT2D eigenvalue weighted by Crippen LogP contribution is -2.19. The van der Waals surface area contributed by atoms with Crippen LogP contribution in [0.25, 0.3) is 0 Å². The van der Waals surface area contributed by atoms with Crippen LogP contribution in [0.5, 0.6) is 11.8 Å². The molecule has 0 aliphatic rings. The van der Waals surface area contributed by atoms with Gasteiger partial charge >= 0.3 is 6.36 Å². The van der Waals surface area contributed by atoms with E-state index in [1.165, 1.54) is 0 Å². The van der Waals surface area contributed by atoms with Crippen LogP contribution in [-0.4, -0.2) is 18.5 Å². The fourth-order valence-corrected chi connectivity index (χ4v) is 1.34. The number of hydrogen-bond acceptors (Lipinski definition) is 3. The molecule has 0 amide bonds. The minimum atomic E-state index is -4.99. The lowest BCUT2D eigenvalue weighted by atomic mass is 10.2. The Morgan fingerprint density at radius 2 is 1.94 bits per heavy atom. The Bertz CT molecular complexity index is 424. The van der Waals surface area contributed by atoms with Crippen molar-refractivity contribution in [2.45, 2.75) is 18.7 Å². The van der Waals surface area contributed by atoms with Gasteiger partial charge in [-0.15, -0.1) is 24.8 Å². The first-order chi connectivity index (χ1) is 8.28. The molecule has 102 valence electrons. The molecule has 1 heterocycles. The van der Waals surface area contributed by atoms with Gasteiger partial charge in [-0.25, -0.2) is 8.78 Å². The molecule has 0 aliphatic heterocycles. The van der Waals surface area contributed by atoms with Crippen LogP contribution in [0.1, 0.15) is 17.6 Å². The molecule has 0 aromatic carbocycles. The lowest BCUT2D eigenvalue weighted by molar-refractivity contribution is -0.276. The topological polar surface area (TPSA) is 31.4 Å². The third kappa shape index (κ3) is 3.59. The van der Waals surface area contributed by atoms with Crippen molar-refractivity contribution in [2.24, 2.45) is 0 Å². The zero-order chi connectivity index (χ0) is 13.9. The van der Waals surface area contributed by atoms with Crippen LogP contribution in [0, 0.1) is 0 Å². The molecular weight excluding hydrogens is 285 g/mol. The molecule has 1 rings (SSSR count). The predicted octanol–water partition coefficient (Wildman–Crippen LogP) is 3.67. The number of alkyl halides is 6. The second-order valence-electron chi connectivity index (χ2n) is 3.03. The molecule has 0 saturated carbocycles. The van der Waals surface area contributed by atoms with Gasteiger partial charge in [-0.3, -0.25) is 0 Å². The molecule has 0 N–H and O–H groups in total. The summed E-state index contributed by atoms with van der Waals surface area (Å²) in [6.45, 7) is 0. The molecule has 0 unspecified atom stereocenters. The molecule has 3 nitrogen and oxygen atoms in total. The summed E-state index contributed by atoms with van der Waals surface area (Å²) in [4.78, 5) is 3.24. The molecule has 0 fully saturated rings. The number of ether oxygens (including phenoxy) is 2. The predicted molar refractivity (Wildman–Crippen MR) is 52.0 cm³/mol. The second kappa shape index (κ2) is 5.55. The first-order valence-electron chi connectivity index (χ1n) is 4.46. The Morgan fingerprint density at radius 1 is 1.33 bits per heavy atom. The highest BCUT2D eigenvalue weighted by molar-refractivity contribution is 6.17. The number of hydrogen-bond donors (Lipinski definition) is 0. The number of aromatic nitrogens is 1. The van der Waals surface area contributed by atoms with E-state index in [4.69, 9.17) is 11.6 Å². The van der Waals surface area contributed by atoms with Gasteiger partial charge in [-0.05, 0) is 6.07 Å². The Morgan fingerprint density at radius 3 is 2.33 bits per heavy atom. The van der Waals surface area contributed by atoms with Gasteiger partial charge in [-0.2, -0.15) is 4.98 Å². The molecule has 0 radical (unpaired) electrons. The molecule has 0 saturated heterocycles. The van der Waals surface area contributed by atoms with Crippen LogP contribution in [0.15, 0.2) is 6.07 Å². The second-order valence-corrected chi connectivity index (χ2v) is 3.30. The Hall–Kier alpha value is -1.31. The zero-order valence-electron chi connectivity index (χ0n) is 8.89. The average Bonchev–Trinajstić information content (AvgIpc) is 2.25. The zero-order valence-corrected chi connectivity index (χ0v) is 9.65. The van der Waals surface area contributed by atoms with Gasteiger partial charge in [-0.1, -0.05) is 0 Å². The fourth-order valence-electron chi connectivity index (χ4n) is 1.15. The molecule has 1 aromatic rings. The maximum absolute atomic E-state index is 12.6. The molecule has 9 heteroatoms. The van der Waals surface area contributed by atoms with E-state index in [1.807, 2.05) is 0 Å². The maximum atomic E-state index is 12.6. The summed E-state index contributed by atoms with van der Waals surface area (Å²) >= 11 is 5.36. The Kier molecular flexibility index (Phi) is 4.55. The summed E-state index contributed by atoms with van der Waals surface area (Å²) in [6.07, 6.45) is -7.94. The first-order valence-corrected chi connectivity index (χ1v) is 4.99. The van der Waals surface area contributed by atoms with Crippen LogP contribution >= 0.6 is 11.6 Å². The molecular formula is C9H7ClF5NO2. The van der Waals surface area contributed by atoms with Crippen molar-refractivity contribution in [3.8, 4) is 11.8 Å². The van der Waals surface area contributed by atoms with E-state index in [0.29, 0.717) is 0 Å². The normalized spacial score (nSPS) is 11.8. The van der Waals surface area contributed by atoms with E-state index in [2.05, 4.69) is 14.5 Å². The first kappa shape index (κ1) is 14.7. The maximum Gasteiger partial charge on any atom is 0.574 e. The van der Waals surface area contributed by atoms with Crippen LogP contribution in [-0.2, 0) is 5.88 Å². The third-order valence-electron chi connectivity index (χ3n) is 1.84. The summed E-state index contributed by atoms with van der Waals surface area (Å²) in [5.41, 5.74) is -0.951. The van der Waals surface area contributed by atoms with Gasteiger partial charge < -0.3 is 9.47 Å². The number of methoxy groups -OCH3 is 1. The summed E-state index contributed by atoms with van der Waals surface area (Å²) < 4.78 is 69.4. The van der Waals surface area contributed by atoms with Crippen molar-refractivity contribution in [2.75, 3.05) is 7.11 Å².